The maximum absolute atomic E-state index is 13.4. The predicted molar refractivity (Wildman–Crippen MR) is 122 cm³/mol. The third-order valence-corrected chi connectivity index (χ3v) is 6.80. The molecule has 0 saturated heterocycles. The zero-order chi connectivity index (χ0) is 21.5. The zero-order valence-electron chi connectivity index (χ0n) is 17.1. The van der Waals surface area contributed by atoms with Gasteiger partial charge in [0.1, 0.15) is 11.4 Å². The lowest BCUT2D eigenvalue weighted by Crippen LogP contribution is -2.43. The van der Waals surface area contributed by atoms with Crippen LogP contribution in [0.2, 0.25) is 0 Å². The van der Waals surface area contributed by atoms with E-state index >= 15 is 0 Å². The average molecular weight is 432 g/mol. The molecule has 3 heterocycles. The van der Waals surface area contributed by atoms with Crippen LogP contribution in [0.25, 0.3) is 15.9 Å². The molecule has 2 aromatic heterocycles. The summed E-state index contributed by atoms with van der Waals surface area (Å²) in [5.74, 6) is -0.123. The Morgan fingerprint density at radius 3 is 2.48 bits per heavy atom. The number of para-hydroxylation sites is 1. The van der Waals surface area contributed by atoms with Gasteiger partial charge in [-0.2, -0.15) is 0 Å². The maximum atomic E-state index is 13.4. The molecule has 6 nitrogen and oxygen atoms in total. The molecule has 4 aromatic rings. The molecular formula is C24H21N3O3S. The second kappa shape index (κ2) is 7.67. The van der Waals surface area contributed by atoms with Gasteiger partial charge in [-0.15, -0.1) is 11.3 Å². The second-order valence-corrected chi connectivity index (χ2v) is 8.99. The minimum atomic E-state index is -0.490. The standard InChI is InChI=1S/C24H21N3O3S/c1-16-13-20-22(29)27(19-9-3-2-4-10-19)24(30)26(23(20)31-16)15-21(28)25-12-11-17-7-5-6-8-18(17)14-25/h2-10,13H,11-12,14-15H2,1H3. The number of hydrogen-bond acceptors (Lipinski definition) is 4. The molecule has 0 unspecified atom stereocenters. The molecule has 7 heteroatoms. The third-order valence-electron chi connectivity index (χ3n) is 5.73. The van der Waals surface area contributed by atoms with Gasteiger partial charge in [0.05, 0.1) is 11.1 Å². The molecule has 1 aliphatic rings. The first-order chi connectivity index (χ1) is 15.0. The smallest absolute Gasteiger partial charge is 0.336 e. The minimum absolute atomic E-state index is 0.0927. The van der Waals surface area contributed by atoms with Crippen molar-refractivity contribution in [1.82, 2.24) is 14.0 Å². The molecule has 0 radical (unpaired) electrons. The Bertz CT molecular complexity index is 1420. The van der Waals surface area contributed by atoms with Gasteiger partial charge >= 0.3 is 5.69 Å². The number of amides is 1. The van der Waals surface area contributed by atoms with Gasteiger partial charge in [0.15, 0.2) is 0 Å². The number of nitrogens with zero attached hydrogens (tertiary/aromatic N) is 3. The lowest BCUT2D eigenvalue weighted by atomic mass is 10.00. The highest BCUT2D eigenvalue weighted by Gasteiger charge is 2.23. The molecule has 156 valence electrons. The second-order valence-electron chi connectivity index (χ2n) is 7.75. The SMILES string of the molecule is Cc1cc2c(=O)n(-c3ccccc3)c(=O)n(CC(=O)N3CCc4ccccc4C3)c2s1. The van der Waals surface area contributed by atoms with Crippen molar-refractivity contribution in [2.45, 2.75) is 26.4 Å². The molecule has 0 N–H and O–H groups in total. The van der Waals surface area contributed by atoms with Crippen molar-refractivity contribution in [2.75, 3.05) is 6.54 Å². The number of rotatable bonds is 3. The summed E-state index contributed by atoms with van der Waals surface area (Å²) in [6.45, 7) is 2.96. The molecule has 0 bridgehead atoms. The molecule has 5 rings (SSSR count). The van der Waals surface area contributed by atoms with Gasteiger partial charge in [0.25, 0.3) is 5.56 Å². The van der Waals surface area contributed by atoms with Gasteiger partial charge in [-0.25, -0.2) is 9.36 Å². The first-order valence-corrected chi connectivity index (χ1v) is 11.0. The van der Waals surface area contributed by atoms with Crippen LogP contribution in [-0.4, -0.2) is 26.5 Å². The number of benzene rings is 2. The summed E-state index contributed by atoms with van der Waals surface area (Å²) in [6, 6.07) is 18.8. The Morgan fingerprint density at radius 2 is 1.71 bits per heavy atom. The van der Waals surface area contributed by atoms with Gasteiger partial charge < -0.3 is 4.90 Å². The molecular weight excluding hydrogens is 410 g/mol. The van der Waals surface area contributed by atoms with E-state index in [4.69, 9.17) is 0 Å². The van der Waals surface area contributed by atoms with Crippen molar-refractivity contribution >= 4 is 27.5 Å². The number of carbonyl (C=O) groups is 1. The summed E-state index contributed by atoms with van der Waals surface area (Å²) in [5.41, 5.74) is 2.05. The van der Waals surface area contributed by atoms with Crippen LogP contribution in [0.1, 0.15) is 16.0 Å². The fraction of sp³-hybridized carbons (Fsp3) is 0.208. The van der Waals surface area contributed by atoms with E-state index in [2.05, 4.69) is 6.07 Å². The molecule has 0 saturated carbocycles. The highest BCUT2D eigenvalue weighted by molar-refractivity contribution is 7.18. The van der Waals surface area contributed by atoms with Crippen LogP contribution in [0.5, 0.6) is 0 Å². The van der Waals surface area contributed by atoms with E-state index in [0.717, 1.165) is 21.4 Å². The van der Waals surface area contributed by atoms with E-state index in [1.54, 1.807) is 35.2 Å². The van der Waals surface area contributed by atoms with Crippen LogP contribution in [0.3, 0.4) is 0 Å². The third kappa shape index (κ3) is 3.41. The summed E-state index contributed by atoms with van der Waals surface area (Å²) in [4.78, 5) is 42.9. The summed E-state index contributed by atoms with van der Waals surface area (Å²) in [6.07, 6.45) is 0.799. The average Bonchev–Trinajstić information content (AvgIpc) is 3.19. The van der Waals surface area contributed by atoms with Crippen LogP contribution in [0, 0.1) is 6.92 Å². The number of thiophene rings is 1. The van der Waals surface area contributed by atoms with E-state index in [-0.39, 0.29) is 18.0 Å². The van der Waals surface area contributed by atoms with Crippen molar-refractivity contribution in [3.63, 3.8) is 0 Å². The lowest BCUT2D eigenvalue weighted by molar-refractivity contribution is -0.132. The first kappa shape index (κ1) is 19.5. The van der Waals surface area contributed by atoms with Crippen LogP contribution in [0.15, 0.2) is 70.3 Å². The maximum Gasteiger partial charge on any atom is 0.337 e. The highest BCUT2D eigenvalue weighted by Crippen LogP contribution is 2.23. The molecule has 2 aromatic carbocycles. The van der Waals surface area contributed by atoms with Gasteiger partial charge in [-0.1, -0.05) is 42.5 Å². The highest BCUT2D eigenvalue weighted by atomic mass is 32.1. The number of aryl methyl sites for hydroxylation is 1. The molecule has 0 atom stereocenters. The van der Waals surface area contributed by atoms with Crippen molar-refractivity contribution in [3.8, 4) is 5.69 Å². The Kier molecular flexibility index (Phi) is 4.82. The Balaban J connectivity index is 1.58. The topological polar surface area (TPSA) is 64.3 Å². The van der Waals surface area contributed by atoms with E-state index in [0.29, 0.717) is 29.0 Å². The van der Waals surface area contributed by atoms with Crippen LogP contribution in [-0.2, 0) is 24.3 Å². The Hall–Kier alpha value is -3.45. The number of carbonyl (C=O) groups excluding carboxylic acids is 1. The number of fused-ring (bicyclic) bond motifs is 2. The van der Waals surface area contributed by atoms with Crippen LogP contribution >= 0.6 is 11.3 Å². The number of aromatic nitrogens is 2. The molecule has 0 fully saturated rings. The number of hydrogen-bond donors (Lipinski definition) is 0. The molecule has 31 heavy (non-hydrogen) atoms. The van der Waals surface area contributed by atoms with E-state index in [9.17, 15) is 14.4 Å². The fourth-order valence-electron chi connectivity index (χ4n) is 4.16. The van der Waals surface area contributed by atoms with E-state index in [1.807, 2.05) is 31.2 Å². The summed E-state index contributed by atoms with van der Waals surface area (Å²) >= 11 is 1.37. The Labute approximate surface area is 182 Å². The van der Waals surface area contributed by atoms with Crippen molar-refractivity contribution < 1.29 is 4.79 Å². The van der Waals surface area contributed by atoms with Crippen molar-refractivity contribution in [3.05, 3.63) is 97.5 Å². The van der Waals surface area contributed by atoms with Crippen LogP contribution < -0.4 is 11.2 Å². The zero-order valence-corrected chi connectivity index (χ0v) is 17.9. The van der Waals surface area contributed by atoms with Crippen molar-refractivity contribution in [2.24, 2.45) is 0 Å². The summed E-state index contributed by atoms with van der Waals surface area (Å²) < 4.78 is 2.61. The molecule has 0 aliphatic carbocycles. The lowest BCUT2D eigenvalue weighted by Gasteiger charge is -2.29. The molecule has 1 amide bonds. The van der Waals surface area contributed by atoms with E-state index in [1.165, 1.54) is 21.5 Å². The minimum Gasteiger partial charge on any atom is -0.336 e. The predicted octanol–water partition coefficient (Wildman–Crippen LogP) is 3.11. The monoisotopic (exact) mass is 431 g/mol. The van der Waals surface area contributed by atoms with Gasteiger partial charge in [-0.05, 0) is 42.7 Å². The van der Waals surface area contributed by atoms with Crippen LogP contribution in [0.4, 0.5) is 0 Å². The van der Waals surface area contributed by atoms with Gasteiger partial charge in [0, 0.05) is 18.0 Å². The quantitative estimate of drug-likeness (QED) is 0.501. The van der Waals surface area contributed by atoms with Crippen molar-refractivity contribution in [1.29, 1.82) is 0 Å². The van der Waals surface area contributed by atoms with Gasteiger partial charge in [0.2, 0.25) is 5.91 Å². The Morgan fingerprint density at radius 1 is 1.00 bits per heavy atom. The first-order valence-electron chi connectivity index (χ1n) is 10.2. The van der Waals surface area contributed by atoms with E-state index < -0.39 is 5.69 Å². The summed E-state index contributed by atoms with van der Waals surface area (Å²) in [7, 11) is 0. The fourth-order valence-corrected chi connectivity index (χ4v) is 5.15. The van der Waals surface area contributed by atoms with Gasteiger partial charge in [-0.3, -0.25) is 14.2 Å². The normalized spacial score (nSPS) is 13.4. The largest absolute Gasteiger partial charge is 0.337 e. The molecule has 0 spiro atoms. The molecule has 1 aliphatic heterocycles. The summed E-state index contributed by atoms with van der Waals surface area (Å²) in [5, 5.41) is 0.461.